The van der Waals surface area contributed by atoms with Gasteiger partial charge in [-0.15, -0.1) is 0 Å². The molecule has 1 fully saturated rings. The lowest BCUT2D eigenvalue weighted by Crippen LogP contribution is -2.47. The first-order chi connectivity index (χ1) is 16.8. The highest BCUT2D eigenvalue weighted by atomic mass is 16.6. The quantitative estimate of drug-likeness (QED) is 0.278. The number of hydrogen-bond donors (Lipinski definition) is 1. The average Bonchev–Trinajstić information content (AvgIpc) is 3.39. The molecule has 0 aromatic heterocycles. The highest BCUT2D eigenvalue weighted by Gasteiger charge is 2.41. The fourth-order valence-corrected chi connectivity index (χ4v) is 4.24. The summed E-state index contributed by atoms with van der Waals surface area (Å²) >= 11 is 0. The van der Waals surface area contributed by atoms with Crippen LogP contribution in [0.2, 0.25) is 0 Å². The van der Waals surface area contributed by atoms with Gasteiger partial charge in [-0.1, -0.05) is 36.4 Å². The van der Waals surface area contributed by atoms with Crippen molar-refractivity contribution in [1.82, 2.24) is 4.90 Å². The largest absolute Gasteiger partial charge is 0.464 e. The first kappa shape index (κ1) is 26.2. The summed E-state index contributed by atoms with van der Waals surface area (Å²) in [5.41, 5.74) is 0.685. The molecule has 1 heterocycles. The molecule has 1 amide bonds. The third-order valence-corrected chi connectivity index (χ3v) is 6.18. The first-order valence-electron chi connectivity index (χ1n) is 11.9. The van der Waals surface area contributed by atoms with Crippen molar-refractivity contribution in [2.75, 3.05) is 44.8 Å². The predicted molar refractivity (Wildman–Crippen MR) is 132 cm³/mol. The molecule has 1 aliphatic rings. The third-order valence-electron chi connectivity index (χ3n) is 6.18. The second kappa shape index (κ2) is 12.3. The smallest absolute Gasteiger partial charge is 0.332 e. The van der Waals surface area contributed by atoms with Crippen LogP contribution < -0.4 is 5.32 Å². The van der Waals surface area contributed by atoms with Crippen LogP contribution in [0.5, 0.6) is 0 Å². The molecule has 1 aliphatic heterocycles. The number of carbonyl (C=O) groups is 2. The van der Waals surface area contributed by atoms with Crippen LogP contribution in [0.1, 0.15) is 37.8 Å². The van der Waals surface area contributed by atoms with E-state index in [0.717, 1.165) is 18.4 Å². The van der Waals surface area contributed by atoms with Gasteiger partial charge in [-0.2, -0.15) is 0 Å². The molecule has 3 rings (SSSR count). The predicted octanol–water partition coefficient (Wildman–Crippen LogP) is 3.71. The van der Waals surface area contributed by atoms with Crippen molar-refractivity contribution >= 4 is 23.3 Å². The van der Waals surface area contributed by atoms with E-state index in [1.165, 1.54) is 6.07 Å². The number of esters is 1. The van der Waals surface area contributed by atoms with Crippen molar-refractivity contribution in [3.8, 4) is 0 Å². The SMILES string of the molecule is CCOC(=O)COCC(C)(C(=O)N1CCCC1)c1ccc(NCCc2ccccc2)c([N+](=O)[O-])c1. The molecule has 1 N–H and O–H groups in total. The zero-order valence-electron chi connectivity index (χ0n) is 20.3. The van der Waals surface area contributed by atoms with E-state index in [9.17, 15) is 19.7 Å². The molecule has 9 heteroatoms. The lowest BCUT2D eigenvalue weighted by atomic mass is 9.81. The van der Waals surface area contributed by atoms with Crippen LogP contribution in [0.25, 0.3) is 0 Å². The average molecular weight is 484 g/mol. The van der Waals surface area contributed by atoms with Crippen molar-refractivity contribution in [2.24, 2.45) is 0 Å². The van der Waals surface area contributed by atoms with E-state index >= 15 is 0 Å². The van der Waals surface area contributed by atoms with Gasteiger partial charge in [0.1, 0.15) is 12.3 Å². The maximum Gasteiger partial charge on any atom is 0.332 e. The summed E-state index contributed by atoms with van der Waals surface area (Å²) in [6.07, 6.45) is 2.54. The molecule has 9 nitrogen and oxygen atoms in total. The molecule has 35 heavy (non-hydrogen) atoms. The lowest BCUT2D eigenvalue weighted by molar-refractivity contribution is -0.384. The summed E-state index contributed by atoms with van der Waals surface area (Å²) in [5.74, 6) is -0.689. The summed E-state index contributed by atoms with van der Waals surface area (Å²) in [6, 6.07) is 14.7. The number of hydrogen-bond acceptors (Lipinski definition) is 7. The van der Waals surface area contributed by atoms with Crippen molar-refractivity contribution in [2.45, 2.75) is 38.5 Å². The monoisotopic (exact) mass is 483 g/mol. The lowest BCUT2D eigenvalue weighted by Gasteiger charge is -2.33. The van der Waals surface area contributed by atoms with Crippen LogP contribution in [0.4, 0.5) is 11.4 Å². The Hall–Kier alpha value is -3.46. The van der Waals surface area contributed by atoms with Gasteiger partial charge in [0, 0.05) is 25.7 Å². The van der Waals surface area contributed by atoms with Gasteiger partial charge < -0.3 is 19.7 Å². The molecule has 0 radical (unpaired) electrons. The molecular weight excluding hydrogens is 450 g/mol. The van der Waals surface area contributed by atoms with E-state index in [2.05, 4.69) is 5.32 Å². The summed E-state index contributed by atoms with van der Waals surface area (Å²) < 4.78 is 10.5. The topological polar surface area (TPSA) is 111 Å². The summed E-state index contributed by atoms with van der Waals surface area (Å²) in [4.78, 5) is 38.5. The Labute approximate surface area is 205 Å². The molecule has 188 valence electrons. The number of nitro groups is 1. The van der Waals surface area contributed by atoms with Gasteiger partial charge >= 0.3 is 5.97 Å². The summed E-state index contributed by atoms with van der Waals surface area (Å²) in [5, 5.41) is 15.1. The normalized spacial score (nSPS) is 14.9. The second-order valence-corrected chi connectivity index (χ2v) is 8.78. The molecule has 1 unspecified atom stereocenters. The van der Waals surface area contributed by atoms with Crippen LogP contribution >= 0.6 is 0 Å². The Morgan fingerprint density at radius 1 is 1.14 bits per heavy atom. The van der Waals surface area contributed by atoms with Crippen LogP contribution in [-0.4, -0.2) is 61.2 Å². The third kappa shape index (κ3) is 6.79. The van der Waals surface area contributed by atoms with E-state index in [4.69, 9.17) is 9.47 Å². The first-order valence-corrected chi connectivity index (χ1v) is 11.9. The number of nitrogens with one attached hydrogen (secondary N) is 1. The van der Waals surface area contributed by atoms with Crippen molar-refractivity contribution < 1.29 is 24.0 Å². The highest BCUT2D eigenvalue weighted by molar-refractivity contribution is 5.89. The van der Waals surface area contributed by atoms with Gasteiger partial charge in [0.15, 0.2) is 0 Å². The summed E-state index contributed by atoms with van der Waals surface area (Å²) in [6.45, 7) is 5.04. The Morgan fingerprint density at radius 3 is 2.51 bits per heavy atom. The maximum atomic E-state index is 13.5. The van der Waals surface area contributed by atoms with Gasteiger partial charge in [0.05, 0.1) is 23.6 Å². The van der Waals surface area contributed by atoms with E-state index < -0.39 is 16.3 Å². The number of amides is 1. The van der Waals surface area contributed by atoms with E-state index in [0.29, 0.717) is 37.3 Å². The molecule has 1 saturated heterocycles. The molecule has 2 aromatic rings. The number of nitrogens with zero attached hydrogens (tertiary/aromatic N) is 2. The number of likely N-dealkylation sites (tertiary alicyclic amines) is 1. The van der Waals surface area contributed by atoms with Crippen LogP contribution in [0.3, 0.4) is 0 Å². The fourth-order valence-electron chi connectivity index (χ4n) is 4.24. The molecule has 0 bridgehead atoms. The van der Waals surface area contributed by atoms with Crippen LogP contribution in [0, 0.1) is 10.1 Å². The van der Waals surface area contributed by atoms with Crippen molar-refractivity contribution in [3.63, 3.8) is 0 Å². The maximum absolute atomic E-state index is 13.5. The number of anilines is 1. The van der Waals surface area contributed by atoms with Gasteiger partial charge in [-0.05, 0) is 50.3 Å². The highest BCUT2D eigenvalue weighted by Crippen LogP contribution is 2.34. The molecule has 2 aromatic carbocycles. The minimum atomic E-state index is -1.19. The molecular formula is C26H33N3O6. The minimum absolute atomic E-state index is 0.0981. The number of rotatable bonds is 12. The summed E-state index contributed by atoms with van der Waals surface area (Å²) in [7, 11) is 0. The second-order valence-electron chi connectivity index (χ2n) is 8.78. The molecule has 0 spiro atoms. The van der Waals surface area contributed by atoms with E-state index in [-0.39, 0.29) is 31.4 Å². The Bertz CT molecular complexity index is 1020. The Balaban J connectivity index is 1.82. The van der Waals surface area contributed by atoms with E-state index in [1.807, 2.05) is 30.3 Å². The Morgan fingerprint density at radius 2 is 1.86 bits per heavy atom. The molecule has 1 atom stereocenters. The minimum Gasteiger partial charge on any atom is -0.464 e. The van der Waals surface area contributed by atoms with Crippen molar-refractivity contribution in [1.29, 1.82) is 0 Å². The van der Waals surface area contributed by atoms with Crippen LogP contribution in [0.15, 0.2) is 48.5 Å². The Kier molecular flexibility index (Phi) is 9.19. The molecule has 0 saturated carbocycles. The standard InChI is InChI=1S/C26H33N3O6/c1-3-35-24(30)18-34-19-26(2,25(31)28-15-7-8-16-28)21-11-12-22(23(17-21)29(32)33)27-14-13-20-9-5-4-6-10-20/h4-6,9-12,17,27H,3,7-8,13-16,18-19H2,1-2H3. The van der Waals surface area contributed by atoms with E-state index in [1.54, 1.807) is 30.9 Å². The van der Waals surface area contributed by atoms with Gasteiger partial charge in [0.2, 0.25) is 5.91 Å². The number of ether oxygens (including phenoxy) is 2. The van der Waals surface area contributed by atoms with Gasteiger partial charge in [-0.3, -0.25) is 14.9 Å². The van der Waals surface area contributed by atoms with Gasteiger partial charge in [0.25, 0.3) is 5.69 Å². The number of nitro benzene ring substituents is 1. The zero-order chi connectivity index (χ0) is 25.3. The number of benzene rings is 2. The van der Waals surface area contributed by atoms with Gasteiger partial charge in [-0.25, -0.2) is 4.79 Å². The number of carbonyl (C=O) groups excluding carboxylic acids is 2. The fraction of sp³-hybridized carbons (Fsp3) is 0.462. The molecule has 0 aliphatic carbocycles. The van der Waals surface area contributed by atoms with Crippen molar-refractivity contribution in [3.05, 3.63) is 69.8 Å². The van der Waals surface area contributed by atoms with Crippen LogP contribution in [-0.2, 0) is 30.9 Å². The zero-order valence-corrected chi connectivity index (χ0v) is 20.3.